The molecule has 0 heterocycles. The highest BCUT2D eigenvalue weighted by atomic mass is 16.6. The molecule has 0 aliphatic heterocycles. The Kier molecular flexibility index (Phi) is 4.88. The van der Waals surface area contributed by atoms with Crippen LogP contribution in [0.15, 0.2) is 0 Å². The van der Waals surface area contributed by atoms with Gasteiger partial charge in [0, 0.05) is 11.8 Å². The van der Waals surface area contributed by atoms with Crippen LogP contribution in [0.3, 0.4) is 0 Å². The van der Waals surface area contributed by atoms with Crippen LogP contribution < -0.4 is 0 Å². The van der Waals surface area contributed by atoms with E-state index in [1.165, 1.54) is 0 Å². The average Bonchev–Trinajstić information content (AvgIpc) is 2.90. The Bertz CT molecular complexity index is 757. The van der Waals surface area contributed by atoms with Crippen LogP contribution >= 0.6 is 0 Å². The fourth-order valence-electron chi connectivity index (χ4n) is 7.58. The maximum Gasteiger partial charge on any atom is 0.332 e. The molecule has 29 heavy (non-hydrogen) atoms. The maximum atomic E-state index is 12.7. The van der Waals surface area contributed by atoms with Gasteiger partial charge in [-0.15, -0.1) is 6.42 Å². The predicted octanol–water partition coefficient (Wildman–Crippen LogP) is 1.45. The monoisotopic (exact) mass is 404 g/mol. The summed E-state index contributed by atoms with van der Waals surface area (Å²) in [6.45, 7) is 3.58. The zero-order valence-electron chi connectivity index (χ0n) is 17.3. The molecular weight excluding hydrogens is 372 g/mol. The van der Waals surface area contributed by atoms with Crippen LogP contribution in [0.2, 0.25) is 0 Å². The number of aliphatic hydroxyl groups is 3. The first-order valence-corrected chi connectivity index (χ1v) is 10.8. The summed E-state index contributed by atoms with van der Waals surface area (Å²) < 4.78 is 5.38. The Morgan fingerprint density at radius 1 is 1.24 bits per heavy atom. The van der Waals surface area contributed by atoms with Crippen LogP contribution in [-0.4, -0.2) is 51.5 Å². The van der Waals surface area contributed by atoms with E-state index in [0.717, 1.165) is 19.3 Å². The molecule has 3 N–H and O–H groups in total. The third-order valence-corrected chi connectivity index (χ3v) is 9.30. The Hall–Kier alpha value is -1.42. The first-order valence-electron chi connectivity index (χ1n) is 10.8. The van der Waals surface area contributed by atoms with Gasteiger partial charge >= 0.3 is 5.97 Å². The summed E-state index contributed by atoms with van der Waals surface area (Å²) in [4.78, 5) is 24.2. The van der Waals surface area contributed by atoms with E-state index >= 15 is 0 Å². The lowest BCUT2D eigenvalue weighted by atomic mass is 9.43. The normalized spacial score (nSPS) is 51.4. The van der Waals surface area contributed by atoms with Gasteiger partial charge in [0.15, 0.2) is 11.4 Å². The number of carbonyl (C=O) groups is 2. The van der Waals surface area contributed by atoms with E-state index in [4.69, 9.17) is 16.3 Å². The van der Waals surface area contributed by atoms with E-state index in [0.29, 0.717) is 19.3 Å². The molecule has 0 spiro atoms. The first kappa shape index (κ1) is 20.8. The number of fused-ring (bicyclic) bond motifs is 5. The van der Waals surface area contributed by atoms with Crippen LogP contribution in [0, 0.1) is 46.8 Å². The molecule has 6 heteroatoms. The number of rotatable bonds is 2. The van der Waals surface area contributed by atoms with E-state index in [-0.39, 0.29) is 47.4 Å². The number of carbonyl (C=O) groups excluding carboxylic acids is 2. The second kappa shape index (κ2) is 6.80. The van der Waals surface area contributed by atoms with Gasteiger partial charge < -0.3 is 20.1 Å². The van der Waals surface area contributed by atoms with Gasteiger partial charge in [0.1, 0.15) is 12.7 Å². The van der Waals surface area contributed by atoms with Crippen LogP contribution in [0.25, 0.3) is 0 Å². The number of terminal acetylenes is 1. The summed E-state index contributed by atoms with van der Waals surface area (Å²) in [5, 5.41) is 31.1. The van der Waals surface area contributed by atoms with Crippen LogP contribution in [0.5, 0.6) is 0 Å². The van der Waals surface area contributed by atoms with Crippen molar-refractivity contribution in [2.75, 3.05) is 6.61 Å². The molecule has 0 bridgehead atoms. The number of hydrogen-bond acceptors (Lipinski definition) is 6. The van der Waals surface area contributed by atoms with Gasteiger partial charge in [0.05, 0.1) is 6.10 Å². The fourth-order valence-corrected chi connectivity index (χ4v) is 7.58. The maximum absolute atomic E-state index is 12.7. The highest BCUT2D eigenvalue weighted by molar-refractivity contribution is 5.94. The van der Waals surface area contributed by atoms with Crippen LogP contribution in [0.1, 0.15) is 58.8 Å². The quantitative estimate of drug-likeness (QED) is 0.475. The van der Waals surface area contributed by atoms with Crippen molar-refractivity contribution < 1.29 is 29.6 Å². The zero-order chi connectivity index (χ0) is 21.2. The van der Waals surface area contributed by atoms with E-state index in [2.05, 4.69) is 12.8 Å². The molecular formula is C23H32O6. The van der Waals surface area contributed by atoms with Crippen molar-refractivity contribution in [3.63, 3.8) is 0 Å². The predicted molar refractivity (Wildman–Crippen MR) is 104 cm³/mol. The molecule has 0 aromatic heterocycles. The van der Waals surface area contributed by atoms with Crippen LogP contribution in [0.4, 0.5) is 0 Å². The Morgan fingerprint density at radius 2 is 1.97 bits per heavy atom. The summed E-state index contributed by atoms with van der Waals surface area (Å²) in [7, 11) is 0. The van der Waals surface area contributed by atoms with Gasteiger partial charge in [-0.3, -0.25) is 4.79 Å². The second-order valence-corrected chi connectivity index (χ2v) is 10.3. The molecule has 4 aliphatic carbocycles. The van der Waals surface area contributed by atoms with E-state index in [9.17, 15) is 19.8 Å². The summed E-state index contributed by atoms with van der Waals surface area (Å²) in [6.07, 6.45) is 9.46. The highest BCUT2D eigenvalue weighted by Crippen LogP contribution is 2.67. The molecule has 160 valence electrons. The summed E-state index contributed by atoms with van der Waals surface area (Å²) in [6, 6.07) is 0. The third-order valence-electron chi connectivity index (χ3n) is 9.30. The molecule has 4 aliphatic rings. The average molecular weight is 405 g/mol. The molecule has 0 saturated heterocycles. The van der Waals surface area contributed by atoms with Crippen molar-refractivity contribution in [3.8, 4) is 12.3 Å². The molecule has 0 radical (unpaired) electrons. The van der Waals surface area contributed by atoms with E-state index < -0.39 is 29.7 Å². The number of hydrogen-bond donors (Lipinski definition) is 3. The van der Waals surface area contributed by atoms with Crippen molar-refractivity contribution in [1.82, 2.24) is 0 Å². The van der Waals surface area contributed by atoms with Crippen molar-refractivity contribution in [2.24, 2.45) is 34.5 Å². The molecule has 9 atom stereocenters. The smallest absolute Gasteiger partial charge is 0.332 e. The fraction of sp³-hybridized carbons (Fsp3) is 0.826. The van der Waals surface area contributed by atoms with Gasteiger partial charge in [-0.25, -0.2) is 4.79 Å². The zero-order valence-corrected chi connectivity index (χ0v) is 17.3. The lowest BCUT2D eigenvalue weighted by molar-refractivity contribution is -0.190. The van der Waals surface area contributed by atoms with Crippen molar-refractivity contribution in [2.45, 2.75) is 76.6 Å². The topological polar surface area (TPSA) is 104 Å². The van der Waals surface area contributed by atoms with Crippen LogP contribution in [-0.2, 0) is 14.3 Å². The lowest BCUT2D eigenvalue weighted by Gasteiger charge is -2.62. The third kappa shape index (κ3) is 2.74. The van der Waals surface area contributed by atoms with Crippen molar-refractivity contribution in [3.05, 3.63) is 0 Å². The highest BCUT2D eigenvalue weighted by Gasteiger charge is 2.69. The molecule has 0 amide bonds. The Labute approximate surface area is 172 Å². The molecule has 3 unspecified atom stereocenters. The minimum absolute atomic E-state index is 0.00670. The van der Waals surface area contributed by atoms with E-state index in [1.807, 2.05) is 6.92 Å². The number of esters is 1. The van der Waals surface area contributed by atoms with Gasteiger partial charge in [0.2, 0.25) is 0 Å². The standard InChI is InChI=1S/C23H32O6/c1-4-23(28)18(26)11-16-20-15(6-8-22(16,23)3)21(2)7-5-14(29-19(27)12-24)9-13(21)10-17(20)25/h1,13-17,20,24-25,28H,5-12H2,2-3H3/t13-,14-,15?,16?,17-,20?,21-,22-,23-/m0/s1. The summed E-state index contributed by atoms with van der Waals surface area (Å²) >= 11 is 0. The first-order chi connectivity index (χ1) is 13.6. The summed E-state index contributed by atoms with van der Waals surface area (Å²) in [5.74, 6) is 1.80. The molecule has 0 aromatic carbocycles. The van der Waals surface area contributed by atoms with Gasteiger partial charge in [-0.2, -0.15) is 0 Å². The largest absolute Gasteiger partial charge is 0.461 e. The summed E-state index contributed by atoms with van der Waals surface area (Å²) in [5.41, 5.74) is -2.44. The molecule has 4 rings (SSSR count). The lowest BCUT2D eigenvalue weighted by Crippen LogP contribution is -2.60. The second-order valence-electron chi connectivity index (χ2n) is 10.3. The van der Waals surface area contributed by atoms with Gasteiger partial charge in [-0.05, 0) is 67.6 Å². The van der Waals surface area contributed by atoms with Crippen molar-refractivity contribution in [1.29, 1.82) is 0 Å². The van der Waals surface area contributed by atoms with Gasteiger partial charge in [-0.1, -0.05) is 19.8 Å². The number of Topliss-reactive ketones (excluding diaryl/α,β-unsaturated/α-hetero) is 1. The Morgan fingerprint density at radius 3 is 2.62 bits per heavy atom. The van der Waals surface area contributed by atoms with Gasteiger partial charge in [0.25, 0.3) is 0 Å². The number of ketones is 1. The number of ether oxygens (including phenoxy) is 1. The minimum atomic E-state index is -1.74. The molecule has 0 aromatic rings. The van der Waals surface area contributed by atoms with Crippen molar-refractivity contribution >= 4 is 11.8 Å². The molecule has 6 nitrogen and oxygen atoms in total. The Balaban J connectivity index is 1.61. The molecule has 4 saturated carbocycles. The minimum Gasteiger partial charge on any atom is -0.461 e. The number of aliphatic hydroxyl groups excluding tert-OH is 2. The van der Waals surface area contributed by atoms with E-state index in [1.54, 1.807) is 0 Å². The SMILES string of the molecule is C#C[C@]1(O)C(=O)CC2C3C(CC[C@@]21C)[C@@]1(C)CC[C@H](OC(=O)CO)C[C@H]1C[C@@H]3O. The molecule has 4 fully saturated rings.